The number of aromatic amines is 1. The van der Waals surface area contributed by atoms with E-state index in [0.29, 0.717) is 5.96 Å². The van der Waals surface area contributed by atoms with Gasteiger partial charge in [-0.25, -0.2) is 14.9 Å². The second-order valence-electron chi connectivity index (χ2n) is 7.83. The highest BCUT2D eigenvalue weighted by atomic mass is 15.4. The van der Waals surface area contributed by atoms with E-state index in [0.717, 1.165) is 22.5 Å². The normalized spacial score (nSPS) is 15.9. The van der Waals surface area contributed by atoms with Gasteiger partial charge >= 0.3 is 5.95 Å². The van der Waals surface area contributed by atoms with Crippen LogP contribution in [-0.4, -0.2) is 15.5 Å². The molecule has 0 unspecified atom stereocenters. The molecule has 5 rings (SSSR count). The maximum absolute atomic E-state index is 6.14. The SMILES string of the molecule is Cc1ccc(-n2c(C)cc([C@H]3N=C(N)Nc4[nH]c5ccccc5[n+]43)c2C)c(C)c1. The monoisotopic (exact) mass is 385 g/mol. The molecule has 4 aromatic rings. The molecule has 1 atom stereocenters. The Labute approximate surface area is 169 Å². The maximum atomic E-state index is 6.14. The lowest BCUT2D eigenvalue weighted by molar-refractivity contribution is -0.674. The molecule has 0 aliphatic carbocycles. The minimum Gasteiger partial charge on any atom is -0.357 e. The zero-order valence-electron chi connectivity index (χ0n) is 17.1. The van der Waals surface area contributed by atoms with Crippen LogP contribution < -0.4 is 15.6 Å². The van der Waals surface area contributed by atoms with E-state index in [1.54, 1.807) is 0 Å². The van der Waals surface area contributed by atoms with E-state index in [4.69, 9.17) is 10.7 Å². The van der Waals surface area contributed by atoms with Crippen molar-refractivity contribution >= 4 is 22.9 Å². The van der Waals surface area contributed by atoms with Gasteiger partial charge in [-0.3, -0.25) is 0 Å². The predicted molar refractivity (Wildman–Crippen MR) is 117 cm³/mol. The quantitative estimate of drug-likeness (QED) is 0.460. The number of nitrogens with zero attached hydrogens (tertiary/aromatic N) is 3. The summed E-state index contributed by atoms with van der Waals surface area (Å²) in [5.74, 6) is 1.26. The van der Waals surface area contributed by atoms with Gasteiger partial charge in [-0.15, -0.1) is 0 Å². The number of imidazole rings is 1. The van der Waals surface area contributed by atoms with E-state index >= 15 is 0 Å². The third-order valence-corrected chi connectivity index (χ3v) is 5.75. The van der Waals surface area contributed by atoms with Crippen LogP contribution in [-0.2, 0) is 0 Å². The van der Waals surface area contributed by atoms with Crippen molar-refractivity contribution in [3.05, 3.63) is 76.6 Å². The summed E-state index contributed by atoms with van der Waals surface area (Å²) >= 11 is 0. The molecule has 0 spiro atoms. The minimum absolute atomic E-state index is 0.229. The molecule has 0 fully saturated rings. The highest BCUT2D eigenvalue weighted by molar-refractivity contribution is 5.92. The maximum Gasteiger partial charge on any atom is 0.365 e. The zero-order chi connectivity index (χ0) is 20.3. The first kappa shape index (κ1) is 17.6. The molecule has 6 nitrogen and oxygen atoms in total. The lowest BCUT2D eigenvalue weighted by Gasteiger charge is -2.19. The van der Waals surface area contributed by atoms with Crippen LogP contribution in [0.5, 0.6) is 0 Å². The van der Waals surface area contributed by atoms with Crippen LogP contribution in [0.1, 0.15) is 34.2 Å². The van der Waals surface area contributed by atoms with Gasteiger partial charge in [0.05, 0.1) is 0 Å². The Hall–Kier alpha value is -3.54. The van der Waals surface area contributed by atoms with Crippen LogP contribution in [0.4, 0.5) is 5.95 Å². The van der Waals surface area contributed by atoms with Gasteiger partial charge in [0.1, 0.15) is 11.0 Å². The van der Waals surface area contributed by atoms with Crippen molar-refractivity contribution in [3.63, 3.8) is 0 Å². The first-order valence-corrected chi connectivity index (χ1v) is 9.83. The van der Waals surface area contributed by atoms with Gasteiger partial charge in [0, 0.05) is 22.6 Å². The van der Waals surface area contributed by atoms with E-state index in [9.17, 15) is 0 Å². The second-order valence-corrected chi connectivity index (χ2v) is 7.83. The fourth-order valence-electron chi connectivity index (χ4n) is 4.47. The molecule has 3 heterocycles. The Bertz CT molecular complexity index is 1290. The smallest absolute Gasteiger partial charge is 0.357 e. The van der Waals surface area contributed by atoms with E-state index in [2.05, 4.69) is 83.5 Å². The van der Waals surface area contributed by atoms with Crippen LogP contribution in [0.25, 0.3) is 16.7 Å². The molecule has 4 N–H and O–H groups in total. The number of benzene rings is 2. The summed E-state index contributed by atoms with van der Waals surface area (Å²) in [6, 6.07) is 17.0. The van der Waals surface area contributed by atoms with Crippen molar-refractivity contribution in [1.82, 2.24) is 9.55 Å². The predicted octanol–water partition coefficient (Wildman–Crippen LogP) is 3.77. The van der Waals surface area contributed by atoms with Crippen LogP contribution >= 0.6 is 0 Å². The fraction of sp³-hybridized carbons (Fsp3) is 0.217. The minimum atomic E-state index is -0.229. The van der Waals surface area contributed by atoms with Gasteiger partial charge in [0.15, 0.2) is 0 Å². The Morgan fingerprint density at radius 1 is 1.03 bits per heavy atom. The number of aryl methyl sites for hydroxylation is 3. The fourth-order valence-corrected chi connectivity index (χ4v) is 4.47. The van der Waals surface area contributed by atoms with E-state index in [1.165, 1.54) is 28.2 Å². The molecule has 0 radical (unpaired) electrons. The molecule has 0 amide bonds. The summed E-state index contributed by atoms with van der Waals surface area (Å²) in [6.07, 6.45) is -0.229. The molecule has 1 aliphatic heterocycles. The Kier molecular flexibility index (Phi) is 3.77. The lowest BCUT2D eigenvalue weighted by atomic mass is 10.1. The molecule has 2 aromatic carbocycles. The van der Waals surface area contributed by atoms with Gasteiger partial charge in [-0.05, 0) is 57.5 Å². The van der Waals surface area contributed by atoms with Crippen molar-refractivity contribution in [2.75, 3.05) is 5.32 Å². The number of fused-ring (bicyclic) bond motifs is 3. The number of H-pyrrole nitrogens is 1. The third kappa shape index (κ3) is 2.63. The number of anilines is 1. The van der Waals surface area contributed by atoms with Crippen molar-refractivity contribution in [3.8, 4) is 5.69 Å². The summed E-state index contributed by atoms with van der Waals surface area (Å²) in [5, 5.41) is 3.17. The zero-order valence-corrected chi connectivity index (χ0v) is 17.1. The molecular formula is C23H25N6+. The van der Waals surface area contributed by atoms with Crippen LogP contribution in [0.2, 0.25) is 0 Å². The second kappa shape index (κ2) is 6.24. The number of hydrogen-bond donors (Lipinski definition) is 3. The average molecular weight is 385 g/mol. The van der Waals surface area contributed by atoms with E-state index in [-0.39, 0.29) is 6.17 Å². The van der Waals surface area contributed by atoms with Crippen LogP contribution in [0.15, 0.2) is 53.5 Å². The first-order chi connectivity index (χ1) is 13.9. The molecule has 0 bridgehead atoms. The molecule has 0 saturated heterocycles. The van der Waals surface area contributed by atoms with Crippen molar-refractivity contribution in [1.29, 1.82) is 0 Å². The molecular weight excluding hydrogens is 360 g/mol. The molecule has 146 valence electrons. The van der Waals surface area contributed by atoms with E-state index < -0.39 is 0 Å². The van der Waals surface area contributed by atoms with E-state index in [1.807, 2.05) is 12.1 Å². The van der Waals surface area contributed by atoms with Gasteiger partial charge in [-0.1, -0.05) is 29.8 Å². The summed E-state index contributed by atoms with van der Waals surface area (Å²) in [4.78, 5) is 8.19. The lowest BCUT2D eigenvalue weighted by Crippen LogP contribution is -2.48. The number of hydrogen-bond acceptors (Lipinski definition) is 3. The topological polar surface area (TPSA) is 75.0 Å². The number of nitrogens with one attached hydrogen (secondary N) is 2. The molecule has 0 saturated carbocycles. The van der Waals surface area contributed by atoms with Gasteiger partial charge < -0.3 is 10.3 Å². The Balaban J connectivity index is 1.72. The summed E-state index contributed by atoms with van der Waals surface area (Å²) in [6.45, 7) is 8.59. The number of rotatable bonds is 2. The van der Waals surface area contributed by atoms with Gasteiger partial charge in [0.2, 0.25) is 6.17 Å². The standard InChI is InChI=1S/C23H24N6/c1-13-9-10-19(14(2)11-13)28-15(3)12-17(16(28)4)21-26-22(24)27-23-25-18-7-5-6-8-20(18)29(21)23/h5-12,21H,1-4H3,(H3,24,25,26,27)/p+1/t21-/m0/s1. The summed E-state index contributed by atoms with van der Waals surface area (Å²) < 4.78 is 4.49. The molecule has 1 aliphatic rings. The number of guanidine groups is 1. The van der Waals surface area contributed by atoms with Gasteiger partial charge in [-0.2, -0.15) is 4.99 Å². The largest absolute Gasteiger partial charge is 0.365 e. The first-order valence-electron chi connectivity index (χ1n) is 9.83. The Morgan fingerprint density at radius 2 is 1.83 bits per heavy atom. The number of para-hydroxylation sites is 2. The number of aromatic nitrogens is 3. The third-order valence-electron chi connectivity index (χ3n) is 5.75. The van der Waals surface area contributed by atoms with Crippen LogP contribution in [0.3, 0.4) is 0 Å². The molecule has 29 heavy (non-hydrogen) atoms. The van der Waals surface area contributed by atoms with Crippen molar-refractivity contribution < 1.29 is 4.57 Å². The van der Waals surface area contributed by atoms with Crippen LogP contribution in [0, 0.1) is 27.7 Å². The molecule has 6 heteroatoms. The van der Waals surface area contributed by atoms with Gasteiger partial charge in [0.25, 0.3) is 5.96 Å². The highest BCUT2D eigenvalue weighted by Crippen LogP contribution is 2.31. The Morgan fingerprint density at radius 3 is 2.62 bits per heavy atom. The molecule has 2 aromatic heterocycles. The number of nitrogens with two attached hydrogens (primary N) is 1. The van der Waals surface area contributed by atoms with Crippen molar-refractivity contribution in [2.24, 2.45) is 10.7 Å². The average Bonchev–Trinajstić information content (AvgIpc) is 3.18. The summed E-state index contributed by atoms with van der Waals surface area (Å²) in [5.41, 5.74) is 15.5. The highest BCUT2D eigenvalue weighted by Gasteiger charge is 2.33. The number of aliphatic imine (C=N–C) groups is 1. The summed E-state index contributed by atoms with van der Waals surface area (Å²) in [7, 11) is 0. The van der Waals surface area contributed by atoms with Crippen molar-refractivity contribution in [2.45, 2.75) is 33.9 Å².